The Kier molecular flexibility index (Phi) is 3.85. The van der Waals surface area contributed by atoms with E-state index in [9.17, 15) is 8.42 Å². The Bertz CT molecular complexity index is 170. The highest BCUT2D eigenvalue weighted by Crippen LogP contribution is 2.00. The van der Waals surface area contributed by atoms with E-state index in [-0.39, 0.29) is 6.61 Å². The lowest BCUT2D eigenvalue weighted by molar-refractivity contribution is 0.252. The third kappa shape index (κ3) is 7.87. The summed E-state index contributed by atoms with van der Waals surface area (Å²) in [5, 5.41) is 0. The largest absolute Gasteiger partial charge is 0.397 e. The first-order valence-electron chi connectivity index (χ1n) is 3.03. The van der Waals surface area contributed by atoms with E-state index in [4.69, 9.17) is 4.55 Å². The van der Waals surface area contributed by atoms with Crippen molar-refractivity contribution in [2.45, 2.75) is 20.3 Å². The van der Waals surface area contributed by atoms with E-state index in [0.29, 0.717) is 12.3 Å². The molecular weight excluding hydrogens is 156 g/mol. The van der Waals surface area contributed by atoms with E-state index in [1.807, 2.05) is 13.8 Å². The van der Waals surface area contributed by atoms with Gasteiger partial charge in [0.1, 0.15) is 0 Å². The van der Waals surface area contributed by atoms with Crippen LogP contribution in [0.1, 0.15) is 20.3 Å². The van der Waals surface area contributed by atoms with Crippen LogP contribution in [0.5, 0.6) is 0 Å². The molecule has 0 rings (SSSR count). The van der Waals surface area contributed by atoms with Crippen molar-refractivity contribution in [1.82, 2.24) is 0 Å². The second-order valence-corrected chi connectivity index (χ2v) is 3.52. The van der Waals surface area contributed by atoms with Gasteiger partial charge in [0.25, 0.3) is 0 Å². The van der Waals surface area contributed by atoms with Gasteiger partial charge in [0.15, 0.2) is 0 Å². The summed E-state index contributed by atoms with van der Waals surface area (Å²) in [6, 6.07) is 0. The van der Waals surface area contributed by atoms with Crippen molar-refractivity contribution in [3.63, 3.8) is 0 Å². The van der Waals surface area contributed by atoms with Crippen LogP contribution in [0.3, 0.4) is 0 Å². The fraction of sp³-hybridized carbons (Fsp3) is 1.00. The molecule has 0 fully saturated rings. The molecule has 0 aliphatic heterocycles. The average molecular weight is 168 g/mol. The quantitative estimate of drug-likeness (QED) is 0.632. The Morgan fingerprint density at radius 3 is 2.30 bits per heavy atom. The summed E-state index contributed by atoms with van der Waals surface area (Å²) in [4.78, 5) is 0. The van der Waals surface area contributed by atoms with E-state index in [1.165, 1.54) is 0 Å². The molecule has 0 aliphatic rings. The van der Waals surface area contributed by atoms with Gasteiger partial charge in [0.05, 0.1) is 6.61 Å². The molecule has 10 heavy (non-hydrogen) atoms. The summed E-state index contributed by atoms with van der Waals surface area (Å²) >= 11 is 0. The first kappa shape index (κ1) is 9.87. The Balaban J connectivity index is 3.39. The molecule has 0 aromatic carbocycles. The first-order valence-corrected chi connectivity index (χ1v) is 4.40. The van der Waals surface area contributed by atoms with Crippen molar-refractivity contribution >= 4 is 10.4 Å². The van der Waals surface area contributed by atoms with Crippen molar-refractivity contribution in [2.24, 2.45) is 5.92 Å². The normalized spacial score (nSPS) is 12.4. The molecule has 0 aromatic heterocycles. The van der Waals surface area contributed by atoms with Crippen LogP contribution in [0.25, 0.3) is 0 Å². The van der Waals surface area contributed by atoms with Gasteiger partial charge in [0, 0.05) is 0 Å². The predicted octanol–water partition coefficient (Wildman–Crippen LogP) is 0.852. The van der Waals surface area contributed by atoms with Crippen molar-refractivity contribution < 1.29 is 17.2 Å². The van der Waals surface area contributed by atoms with E-state index in [1.54, 1.807) is 0 Å². The lowest BCUT2D eigenvalue weighted by atomic mass is 10.2. The molecule has 0 radical (unpaired) electrons. The van der Waals surface area contributed by atoms with Crippen molar-refractivity contribution in [1.29, 1.82) is 0 Å². The van der Waals surface area contributed by atoms with E-state index in [2.05, 4.69) is 4.18 Å². The zero-order valence-electron chi connectivity index (χ0n) is 6.07. The van der Waals surface area contributed by atoms with Crippen LogP contribution in [0.2, 0.25) is 0 Å². The van der Waals surface area contributed by atoms with E-state index >= 15 is 0 Å². The van der Waals surface area contributed by atoms with Gasteiger partial charge in [-0.1, -0.05) is 13.8 Å². The minimum atomic E-state index is -4.22. The molecule has 5 heteroatoms. The molecule has 0 aromatic rings. The second kappa shape index (κ2) is 3.90. The Hall–Kier alpha value is -0.130. The SMILES string of the molecule is CC(C)CCOS(=O)(=O)O. The second-order valence-electron chi connectivity index (χ2n) is 2.43. The zero-order valence-corrected chi connectivity index (χ0v) is 6.89. The highest BCUT2D eigenvalue weighted by molar-refractivity contribution is 7.80. The topological polar surface area (TPSA) is 63.6 Å². The molecule has 0 aliphatic carbocycles. The lowest BCUT2D eigenvalue weighted by Gasteiger charge is -2.01. The molecule has 0 atom stereocenters. The third-order valence-electron chi connectivity index (χ3n) is 0.927. The molecule has 0 bridgehead atoms. The average Bonchev–Trinajstić information content (AvgIpc) is 1.59. The Labute approximate surface area is 61.2 Å². The van der Waals surface area contributed by atoms with Crippen LogP contribution in [-0.4, -0.2) is 19.6 Å². The summed E-state index contributed by atoms with van der Waals surface area (Å²) in [5.74, 6) is 0.377. The fourth-order valence-corrected chi connectivity index (χ4v) is 0.696. The minimum Gasteiger partial charge on any atom is -0.264 e. The molecule has 4 nitrogen and oxygen atoms in total. The number of rotatable bonds is 4. The lowest BCUT2D eigenvalue weighted by Crippen LogP contribution is -2.06. The van der Waals surface area contributed by atoms with Crippen molar-refractivity contribution in [3.8, 4) is 0 Å². The molecule has 62 valence electrons. The summed E-state index contributed by atoms with van der Waals surface area (Å²) in [5.41, 5.74) is 0. The van der Waals surface area contributed by atoms with Crippen LogP contribution in [0.15, 0.2) is 0 Å². The van der Waals surface area contributed by atoms with Crippen LogP contribution >= 0.6 is 0 Å². The van der Waals surface area contributed by atoms with Crippen LogP contribution in [0, 0.1) is 5.92 Å². The standard InChI is InChI=1S/C5H12O4S/c1-5(2)3-4-9-10(6,7)8/h5H,3-4H2,1-2H3,(H,6,7,8). The van der Waals surface area contributed by atoms with E-state index in [0.717, 1.165) is 0 Å². The third-order valence-corrected chi connectivity index (χ3v) is 1.39. The summed E-state index contributed by atoms with van der Waals surface area (Å²) < 4.78 is 32.0. The van der Waals surface area contributed by atoms with Gasteiger partial charge in [-0.25, -0.2) is 4.18 Å². The summed E-state index contributed by atoms with van der Waals surface area (Å²) in [6.07, 6.45) is 0.625. The molecule has 0 heterocycles. The monoisotopic (exact) mass is 168 g/mol. The fourth-order valence-electron chi connectivity index (χ4n) is 0.389. The Morgan fingerprint density at radius 1 is 1.50 bits per heavy atom. The van der Waals surface area contributed by atoms with Crippen LogP contribution in [0.4, 0.5) is 0 Å². The highest BCUT2D eigenvalue weighted by Gasteiger charge is 2.03. The highest BCUT2D eigenvalue weighted by atomic mass is 32.3. The van der Waals surface area contributed by atoms with Gasteiger partial charge in [-0.15, -0.1) is 0 Å². The molecule has 0 saturated heterocycles. The van der Waals surface area contributed by atoms with Crippen LogP contribution in [-0.2, 0) is 14.6 Å². The van der Waals surface area contributed by atoms with Gasteiger partial charge >= 0.3 is 10.4 Å². The predicted molar refractivity (Wildman–Crippen MR) is 37.0 cm³/mol. The van der Waals surface area contributed by atoms with Crippen LogP contribution < -0.4 is 0 Å². The number of hydrogen-bond acceptors (Lipinski definition) is 3. The smallest absolute Gasteiger partial charge is 0.264 e. The Morgan fingerprint density at radius 2 is 2.00 bits per heavy atom. The number of hydrogen-bond donors (Lipinski definition) is 1. The first-order chi connectivity index (χ1) is 4.42. The van der Waals surface area contributed by atoms with Gasteiger partial charge in [-0.05, 0) is 12.3 Å². The molecule has 0 saturated carbocycles. The maximum atomic E-state index is 9.95. The van der Waals surface area contributed by atoms with E-state index < -0.39 is 10.4 Å². The van der Waals surface area contributed by atoms with Gasteiger partial charge in [-0.3, -0.25) is 4.55 Å². The molecule has 0 spiro atoms. The summed E-state index contributed by atoms with van der Waals surface area (Å²) in [6.45, 7) is 3.93. The maximum Gasteiger partial charge on any atom is 0.397 e. The minimum absolute atomic E-state index is 0.0521. The van der Waals surface area contributed by atoms with Gasteiger partial charge < -0.3 is 0 Å². The molecular formula is C5H12O4S. The molecule has 0 unspecified atom stereocenters. The maximum absolute atomic E-state index is 9.95. The van der Waals surface area contributed by atoms with Gasteiger partial charge in [-0.2, -0.15) is 8.42 Å². The summed E-state index contributed by atoms with van der Waals surface area (Å²) in [7, 11) is -4.22. The molecule has 0 amide bonds. The molecule has 1 N–H and O–H groups in total. The zero-order chi connectivity index (χ0) is 8.20. The van der Waals surface area contributed by atoms with Gasteiger partial charge in [0.2, 0.25) is 0 Å². The van der Waals surface area contributed by atoms with Crippen molar-refractivity contribution in [2.75, 3.05) is 6.61 Å². The van der Waals surface area contributed by atoms with Crippen molar-refractivity contribution in [3.05, 3.63) is 0 Å².